The van der Waals surface area contributed by atoms with Gasteiger partial charge in [0.15, 0.2) is 5.79 Å². The molecule has 0 N–H and O–H groups in total. The van der Waals surface area contributed by atoms with Gasteiger partial charge in [-0.2, -0.15) is 0 Å². The Bertz CT molecular complexity index is 850. The molecule has 2 heterocycles. The van der Waals surface area contributed by atoms with Crippen LogP contribution in [-0.2, 0) is 14.3 Å². The minimum Gasteiger partial charge on any atom is -0.410 e. The van der Waals surface area contributed by atoms with Gasteiger partial charge in [-0.05, 0) is 56.7 Å². The summed E-state index contributed by atoms with van der Waals surface area (Å²) in [6, 6.07) is 9.49. The third-order valence-corrected chi connectivity index (χ3v) is 8.36. The summed E-state index contributed by atoms with van der Waals surface area (Å²) in [5.41, 5.74) is 0. The summed E-state index contributed by atoms with van der Waals surface area (Å²) in [5.74, 6) is 0.356. The Balaban J connectivity index is 1.31. The zero-order valence-corrected chi connectivity index (χ0v) is 20.3. The topological polar surface area (TPSA) is 68.3 Å². The Morgan fingerprint density at radius 2 is 1.82 bits per heavy atom. The molecule has 186 valence electrons. The second-order valence-corrected chi connectivity index (χ2v) is 10.7. The minimum absolute atomic E-state index is 0.0929. The summed E-state index contributed by atoms with van der Waals surface area (Å²) in [6.07, 6.45) is 8.67. The number of carbonyl (C=O) groups excluding carboxylic acids is 2. The molecule has 1 spiro atoms. The molecule has 7 nitrogen and oxygen atoms in total. The van der Waals surface area contributed by atoms with Gasteiger partial charge in [0.2, 0.25) is 5.91 Å². The number of rotatable bonds is 4. The quantitative estimate of drug-likeness (QED) is 0.647. The van der Waals surface area contributed by atoms with Crippen LogP contribution in [0.5, 0.6) is 5.75 Å². The molecule has 4 fully saturated rings. The smallest absolute Gasteiger partial charge is 0.410 e. The highest BCUT2D eigenvalue weighted by Crippen LogP contribution is 2.45. The van der Waals surface area contributed by atoms with E-state index < -0.39 is 11.9 Å². The molecule has 1 aromatic carbocycles. The molecule has 5 rings (SSSR count). The van der Waals surface area contributed by atoms with E-state index in [4.69, 9.17) is 14.2 Å². The average molecular weight is 471 g/mol. The maximum Gasteiger partial charge on any atom is 0.422 e. The van der Waals surface area contributed by atoms with Crippen LogP contribution >= 0.6 is 0 Å². The van der Waals surface area contributed by atoms with E-state index in [1.165, 1.54) is 24.2 Å². The van der Waals surface area contributed by atoms with Crippen molar-refractivity contribution in [1.82, 2.24) is 9.80 Å². The summed E-state index contributed by atoms with van der Waals surface area (Å²) < 4.78 is 17.7. The lowest BCUT2D eigenvalue weighted by atomic mass is 9.72. The molecule has 2 saturated heterocycles. The predicted octanol–water partition coefficient (Wildman–Crippen LogP) is 4.46. The fourth-order valence-electron chi connectivity index (χ4n) is 6.67. The third kappa shape index (κ3) is 5.16. The molecule has 0 aromatic heterocycles. The van der Waals surface area contributed by atoms with Crippen LogP contribution in [0.4, 0.5) is 4.79 Å². The molecule has 0 bridgehead atoms. The SMILES string of the molecule is CN1C[C@H](C(=O)N(CC2CCCCC2)C(=O)Oc2ccccc2)C[C@@H]2CC3(CC[C@H]21)OCCO3. The highest BCUT2D eigenvalue weighted by molar-refractivity contribution is 5.94. The van der Waals surface area contributed by atoms with Gasteiger partial charge < -0.3 is 19.1 Å². The lowest BCUT2D eigenvalue weighted by Gasteiger charge is -2.49. The maximum absolute atomic E-state index is 13.9. The van der Waals surface area contributed by atoms with Crippen molar-refractivity contribution in [1.29, 1.82) is 0 Å². The largest absolute Gasteiger partial charge is 0.422 e. The Labute approximate surface area is 202 Å². The highest BCUT2D eigenvalue weighted by atomic mass is 16.7. The normalized spacial score (nSPS) is 29.5. The zero-order chi connectivity index (χ0) is 23.5. The number of amides is 2. The number of ether oxygens (including phenoxy) is 3. The number of para-hydroxylation sites is 1. The van der Waals surface area contributed by atoms with Crippen LogP contribution in [0.1, 0.15) is 57.8 Å². The van der Waals surface area contributed by atoms with Crippen molar-refractivity contribution >= 4 is 12.0 Å². The van der Waals surface area contributed by atoms with Crippen LogP contribution < -0.4 is 4.74 Å². The summed E-state index contributed by atoms with van der Waals surface area (Å²) in [6.45, 7) is 2.43. The number of benzene rings is 1. The van der Waals surface area contributed by atoms with Gasteiger partial charge in [0, 0.05) is 32.0 Å². The van der Waals surface area contributed by atoms with E-state index >= 15 is 0 Å². The van der Waals surface area contributed by atoms with Crippen molar-refractivity contribution in [3.8, 4) is 5.75 Å². The van der Waals surface area contributed by atoms with Gasteiger partial charge in [0.1, 0.15) is 5.75 Å². The van der Waals surface area contributed by atoms with Crippen LogP contribution in [-0.4, -0.2) is 67.0 Å². The fraction of sp³-hybridized carbons (Fsp3) is 0.704. The summed E-state index contributed by atoms with van der Waals surface area (Å²) in [7, 11) is 2.11. The number of fused-ring (bicyclic) bond motifs is 1. The van der Waals surface area contributed by atoms with Crippen LogP contribution in [0.25, 0.3) is 0 Å². The molecule has 4 aliphatic rings. The maximum atomic E-state index is 13.9. The molecule has 0 radical (unpaired) electrons. The van der Waals surface area contributed by atoms with Crippen LogP contribution in [0, 0.1) is 17.8 Å². The van der Waals surface area contributed by atoms with Crippen molar-refractivity contribution < 1.29 is 23.8 Å². The van der Waals surface area contributed by atoms with Crippen molar-refractivity contribution in [2.75, 3.05) is 33.4 Å². The first-order valence-corrected chi connectivity index (χ1v) is 13.1. The summed E-state index contributed by atoms with van der Waals surface area (Å²) >= 11 is 0. The first-order valence-electron chi connectivity index (χ1n) is 13.1. The van der Waals surface area contributed by atoms with E-state index in [9.17, 15) is 9.59 Å². The van der Waals surface area contributed by atoms with Gasteiger partial charge in [-0.1, -0.05) is 37.5 Å². The third-order valence-electron chi connectivity index (χ3n) is 8.36. The zero-order valence-electron chi connectivity index (χ0n) is 20.3. The predicted molar refractivity (Wildman–Crippen MR) is 127 cm³/mol. The standard InChI is InChI=1S/C27H38N2O5/c1-28-19-22(16-21-17-27(13-12-24(21)28)32-14-15-33-27)25(30)29(18-20-8-4-2-5-9-20)26(31)34-23-10-6-3-7-11-23/h3,6-7,10-11,20-22,24H,2,4-5,8-9,12-19H2,1H3/t21-,22-,24-/m1/s1. The fourth-order valence-corrected chi connectivity index (χ4v) is 6.67. The number of likely N-dealkylation sites (tertiary alicyclic amines) is 1. The van der Waals surface area contributed by atoms with Crippen LogP contribution in [0.15, 0.2) is 30.3 Å². The Hall–Kier alpha value is -1.96. The molecule has 2 aliphatic heterocycles. The molecular weight excluding hydrogens is 432 g/mol. The van der Waals surface area contributed by atoms with Crippen molar-refractivity contribution in [2.24, 2.45) is 17.8 Å². The molecule has 34 heavy (non-hydrogen) atoms. The molecule has 1 aromatic rings. The van der Waals surface area contributed by atoms with E-state index in [1.54, 1.807) is 12.1 Å². The van der Waals surface area contributed by atoms with Gasteiger partial charge in [0.05, 0.1) is 19.1 Å². The monoisotopic (exact) mass is 470 g/mol. The molecule has 2 amide bonds. The number of piperidine rings is 1. The van der Waals surface area contributed by atoms with E-state index in [1.807, 2.05) is 18.2 Å². The Morgan fingerprint density at radius 1 is 1.09 bits per heavy atom. The van der Waals surface area contributed by atoms with E-state index in [0.717, 1.165) is 38.5 Å². The van der Waals surface area contributed by atoms with Gasteiger partial charge in [-0.3, -0.25) is 4.79 Å². The lowest BCUT2D eigenvalue weighted by molar-refractivity contribution is -0.202. The Kier molecular flexibility index (Phi) is 7.23. The molecular formula is C27H38N2O5. The van der Waals surface area contributed by atoms with Crippen molar-refractivity contribution in [3.05, 3.63) is 30.3 Å². The van der Waals surface area contributed by atoms with E-state index in [-0.39, 0.29) is 11.8 Å². The second-order valence-electron chi connectivity index (χ2n) is 10.7. The lowest BCUT2D eigenvalue weighted by Crippen LogP contribution is -2.57. The van der Waals surface area contributed by atoms with Gasteiger partial charge in [-0.15, -0.1) is 0 Å². The van der Waals surface area contributed by atoms with Gasteiger partial charge >= 0.3 is 6.09 Å². The number of carbonyl (C=O) groups is 2. The first kappa shape index (κ1) is 23.8. The Morgan fingerprint density at radius 3 is 2.56 bits per heavy atom. The molecule has 7 heteroatoms. The summed E-state index contributed by atoms with van der Waals surface area (Å²) in [4.78, 5) is 30.9. The van der Waals surface area contributed by atoms with Gasteiger partial charge in [0.25, 0.3) is 0 Å². The first-order chi connectivity index (χ1) is 16.5. The molecule has 2 saturated carbocycles. The van der Waals surface area contributed by atoms with Crippen molar-refractivity contribution in [2.45, 2.75) is 69.6 Å². The minimum atomic E-state index is -0.547. The second kappa shape index (κ2) is 10.3. The highest BCUT2D eigenvalue weighted by Gasteiger charge is 2.50. The van der Waals surface area contributed by atoms with E-state index in [0.29, 0.717) is 49.9 Å². The molecule has 2 aliphatic carbocycles. The van der Waals surface area contributed by atoms with E-state index in [2.05, 4.69) is 11.9 Å². The molecule has 0 unspecified atom stereocenters. The number of imide groups is 1. The number of hydrogen-bond donors (Lipinski definition) is 0. The van der Waals surface area contributed by atoms with Gasteiger partial charge in [-0.25, -0.2) is 9.69 Å². The van der Waals surface area contributed by atoms with Crippen LogP contribution in [0.2, 0.25) is 0 Å². The molecule has 3 atom stereocenters. The van der Waals surface area contributed by atoms with Crippen LogP contribution in [0.3, 0.4) is 0 Å². The number of nitrogens with zero attached hydrogens (tertiary/aromatic N) is 2. The average Bonchev–Trinajstić information content (AvgIpc) is 3.30. The number of hydrogen-bond acceptors (Lipinski definition) is 6. The van der Waals surface area contributed by atoms with Crippen molar-refractivity contribution in [3.63, 3.8) is 0 Å². The summed E-state index contributed by atoms with van der Waals surface area (Å²) in [5, 5.41) is 0.